The summed E-state index contributed by atoms with van der Waals surface area (Å²) < 4.78 is 10.7. The number of ether oxygens (including phenoxy) is 2. The number of ketones is 1. The van der Waals surface area contributed by atoms with Crippen molar-refractivity contribution in [2.24, 2.45) is 0 Å². The number of aromatic nitrogens is 1. The smallest absolute Gasteiger partial charge is 0.301 e. The molecule has 32 heavy (non-hydrogen) atoms. The van der Waals surface area contributed by atoms with Crippen molar-refractivity contribution in [3.8, 4) is 11.5 Å². The van der Waals surface area contributed by atoms with Crippen LogP contribution in [0.15, 0.2) is 72.4 Å². The van der Waals surface area contributed by atoms with Crippen molar-refractivity contribution >= 4 is 23.3 Å². The Morgan fingerprint density at radius 2 is 1.69 bits per heavy atom. The zero-order chi connectivity index (χ0) is 22.8. The first-order chi connectivity index (χ1) is 15.5. The van der Waals surface area contributed by atoms with Crippen molar-refractivity contribution in [1.82, 2.24) is 4.98 Å². The monoisotopic (exact) mass is 430 g/mol. The van der Waals surface area contributed by atoms with Crippen LogP contribution in [-0.4, -0.2) is 36.0 Å². The SMILES string of the molecule is COc1ccc([C@H]2C(=C(O)c3ccc(C)cc3)C(=O)C(=O)N2c2ccccn2)cc1OC. The quantitative estimate of drug-likeness (QED) is 0.373. The Balaban J connectivity index is 1.96. The number of carbonyl (C=O) groups is 2. The Hall–Kier alpha value is -4.13. The Bertz CT molecular complexity index is 1200. The van der Waals surface area contributed by atoms with E-state index >= 15 is 0 Å². The van der Waals surface area contributed by atoms with E-state index in [4.69, 9.17) is 9.47 Å². The van der Waals surface area contributed by atoms with Crippen LogP contribution in [0.5, 0.6) is 11.5 Å². The van der Waals surface area contributed by atoms with Gasteiger partial charge < -0.3 is 14.6 Å². The number of pyridine rings is 1. The van der Waals surface area contributed by atoms with E-state index in [1.807, 2.05) is 19.1 Å². The van der Waals surface area contributed by atoms with Crippen LogP contribution in [0.1, 0.15) is 22.7 Å². The number of aryl methyl sites for hydroxylation is 1. The summed E-state index contributed by atoms with van der Waals surface area (Å²) in [4.78, 5) is 31.8. The third kappa shape index (κ3) is 3.58. The summed E-state index contributed by atoms with van der Waals surface area (Å²) in [7, 11) is 3.03. The standard InChI is InChI=1S/C25H22N2O5/c1-15-7-9-16(10-8-15)23(28)21-22(17-11-12-18(31-2)19(14-17)32-3)27(25(30)24(21)29)20-6-4-5-13-26-20/h4-14,22,28H,1-3H3/t22-/m0/s1. The van der Waals surface area contributed by atoms with Gasteiger partial charge in [-0.1, -0.05) is 42.0 Å². The number of aliphatic hydroxyl groups is 1. The molecule has 7 nitrogen and oxygen atoms in total. The first kappa shape index (κ1) is 21.1. The molecule has 4 rings (SSSR count). The molecule has 1 aromatic heterocycles. The minimum absolute atomic E-state index is 0.0169. The van der Waals surface area contributed by atoms with Gasteiger partial charge in [0.2, 0.25) is 0 Å². The van der Waals surface area contributed by atoms with Gasteiger partial charge in [0.25, 0.3) is 5.78 Å². The van der Waals surface area contributed by atoms with Gasteiger partial charge in [-0.2, -0.15) is 0 Å². The summed E-state index contributed by atoms with van der Waals surface area (Å²) >= 11 is 0. The third-order valence-electron chi connectivity index (χ3n) is 5.39. The summed E-state index contributed by atoms with van der Waals surface area (Å²) in [5, 5.41) is 11.1. The maximum atomic E-state index is 13.1. The topological polar surface area (TPSA) is 89.0 Å². The van der Waals surface area contributed by atoms with E-state index in [1.54, 1.807) is 54.7 Å². The van der Waals surface area contributed by atoms with Gasteiger partial charge in [-0.05, 0) is 36.8 Å². The van der Waals surface area contributed by atoms with E-state index in [2.05, 4.69) is 4.98 Å². The van der Waals surface area contributed by atoms with Gasteiger partial charge in [0.15, 0.2) is 11.5 Å². The maximum Gasteiger partial charge on any atom is 0.301 e. The molecule has 0 saturated carbocycles. The van der Waals surface area contributed by atoms with Gasteiger partial charge in [0.05, 0.1) is 25.8 Å². The van der Waals surface area contributed by atoms with Crippen LogP contribution in [-0.2, 0) is 9.59 Å². The zero-order valence-corrected chi connectivity index (χ0v) is 17.9. The normalized spacial score (nSPS) is 17.5. The Morgan fingerprint density at radius 1 is 0.969 bits per heavy atom. The van der Waals surface area contributed by atoms with E-state index < -0.39 is 17.7 Å². The molecule has 0 unspecified atom stereocenters. The molecule has 1 N–H and O–H groups in total. The molecule has 0 bridgehead atoms. The van der Waals surface area contributed by atoms with Crippen LogP contribution in [0.25, 0.3) is 5.76 Å². The van der Waals surface area contributed by atoms with Crippen LogP contribution in [0.2, 0.25) is 0 Å². The second kappa shape index (κ2) is 8.55. The molecule has 1 amide bonds. The van der Waals surface area contributed by atoms with Crippen LogP contribution in [0.4, 0.5) is 5.82 Å². The van der Waals surface area contributed by atoms with Gasteiger partial charge in [-0.3, -0.25) is 14.5 Å². The summed E-state index contributed by atoms with van der Waals surface area (Å²) in [5.74, 6) is -0.555. The molecule has 2 aromatic carbocycles. The molecule has 162 valence electrons. The number of nitrogens with zero attached hydrogens (tertiary/aromatic N) is 2. The Morgan fingerprint density at radius 3 is 2.31 bits per heavy atom. The maximum absolute atomic E-state index is 13.1. The zero-order valence-electron chi connectivity index (χ0n) is 17.9. The third-order valence-corrected chi connectivity index (χ3v) is 5.39. The lowest BCUT2D eigenvalue weighted by Crippen LogP contribution is -2.30. The van der Waals surface area contributed by atoms with Crippen molar-refractivity contribution in [1.29, 1.82) is 0 Å². The molecule has 0 aliphatic carbocycles. The fourth-order valence-electron chi connectivity index (χ4n) is 3.77. The number of rotatable bonds is 5. The molecule has 1 aliphatic rings. The van der Waals surface area contributed by atoms with Crippen molar-refractivity contribution in [3.63, 3.8) is 0 Å². The van der Waals surface area contributed by atoms with Crippen LogP contribution in [0.3, 0.4) is 0 Å². The highest BCUT2D eigenvalue weighted by atomic mass is 16.5. The largest absolute Gasteiger partial charge is 0.507 e. The molecule has 1 fully saturated rings. The molecule has 0 radical (unpaired) electrons. The number of methoxy groups -OCH3 is 2. The molecule has 2 heterocycles. The van der Waals surface area contributed by atoms with E-state index in [0.717, 1.165) is 5.56 Å². The summed E-state index contributed by atoms with van der Waals surface area (Å²) in [6.45, 7) is 1.92. The van der Waals surface area contributed by atoms with Crippen molar-refractivity contribution in [2.75, 3.05) is 19.1 Å². The van der Waals surface area contributed by atoms with Gasteiger partial charge in [-0.15, -0.1) is 0 Å². The van der Waals surface area contributed by atoms with Gasteiger partial charge in [0, 0.05) is 11.8 Å². The molecule has 1 aliphatic heterocycles. The van der Waals surface area contributed by atoms with Crippen LogP contribution in [0, 0.1) is 6.92 Å². The average Bonchev–Trinajstić information content (AvgIpc) is 3.09. The molecule has 1 saturated heterocycles. The van der Waals surface area contributed by atoms with Crippen LogP contribution < -0.4 is 14.4 Å². The van der Waals surface area contributed by atoms with Gasteiger partial charge in [-0.25, -0.2) is 4.98 Å². The predicted molar refractivity (Wildman–Crippen MR) is 120 cm³/mol. The van der Waals surface area contributed by atoms with E-state index in [0.29, 0.717) is 28.4 Å². The van der Waals surface area contributed by atoms with Crippen molar-refractivity contribution in [3.05, 3.63) is 89.1 Å². The number of hydrogen-bond donors (Lipinski definition) is 1. The molecule has 0 spiro atoms. The number of anilines is 1. The fraction of sp³-hybridized carbons (Fsp3) is 0.160. The predicted octanol–water partition coefficient (Wildman–Crippen LogP) is 4.03. The highest BCUT2D eigenvalue weighted by Crippen LogP contribution is 2.43. The van der Waals surface area contributed by atoms with Gasteiger partial charge >= 0.3 is 5.91 Å². The first-order valence-corrected chi connectivity index (χ1v) is 9.97. The minimum Gasteiger partial charge on any atom is -0.507 e. The fourth-order valence-corrected chi connectivity index (χ4v) is 3.77. The Kier molecular flexibility index (Phi) is 5.64. The molecule has 7 heteroatoms. The highest BCUT2D eigenvalue weighted by Gasteiger charge is 2.47. The second-order valence-corrected chi connectivity index (χ2v) is 7.34. The first-order valence-electron chi connectivity index (χ1n) is 9.97. The molecule has 1 atom stereocenters. The lowest BCUT2D eigenvalue weighted by molar-refractivity contribution is -0.132. The Labute approximate surface area is 185 Å². The van der Waals surface area contributed by atoms with E-state index in [1.165, 1.54) is 19.1 Å². The number of Topliss-reactive ketones (excluding diaryl/α,β-unsaturated/α-hetero) is 1. The number of amides is 1. The molecular formula is C25H22N2O5. The highest BCUT2D eigenvalue weighted by molar-refractivity contribution is 6.51. The molecule has 3 aromatic rings. The number of benzene rings is 2. The van der Waals surface area contributed by atoms with Crippen LogP contribution >= 0.6 is 0 Å². The van der Waals surface area contributed by atoms with Crippen molar-refractivity contribution in [2.45, 2.75) is 13.0 Å². The van der Waals surface area contributed by atoms with E-state index in [-0.39, 0.29) is 11.3 Å². The average molecular weight is 430 g/mol. The summed E-state index contributed by atoms with van der Waals surface area (Å²) in [6.07, 6.45) is 1.54. The summed E-state index contributed by atoms with van der Waals surface area (Å²) in [5.41, 5.74) is 2.00. The number of aliphatic hydroxyl groups excluding tert-OH is 1. The summed E-state index contributed by atoms with van der Waals surface area (Å²) in [6, 6.07) is 16.4. The van der Waals surface area contributed by atoms with Crippen molar-refractivity contribution < 1.29 is 24.2 Å². The minimum atomic E-state index is -0.897. The number of carbonyl (C=O) groups excluding carboxylic acids is 2. The lowest BCUT2D eigenvalue weighted by Gasteiger charge is -2.25. The van der Waals surface area contributed by atoms with E-state index in [9.17, 15) is 14.7 Å². The number of hydrogen-bond acceptors (Lipinski definition) is 6. The molecular weight excluding hydrogens is 408 g/mol. The lowest BCUT2D eigenvalue weighted by atomic mass is 9.94. The van der Waals surface area contributed by atoms with Gasteiger partial charge in [0.1, 0.15) is 11.6 Å². The second-order valence-electron chi connectivity index (χ2n) is 7.34.